The maximum absolute atomic E-state index is 12.3. The lowest BCUT2D eigenvalue weighted by molar-refractivity contribution is 0.416. The van der Waals surface area contributed by atoms with Crippen molar-refractivity contribution in [3.05, 3.63) is 38.6 Å². The lowest BCUT2D eigenvalue weighted by Crippen LogP contribution is -2.12. The summed E-state index contributed by atoms with van der Waals surface area (Å²) in [6.07, 6.45) is 0. The molecule has 0 saturated carbocycles. The molecule has 20 heavy (non-hydrogen) atoms. The summed E-state index contributed by atoms with van der Waals surface area (Å²) in [5, 5.41) is 0.367. The van der Waals surface area contributed by atoms with Crippen molar-refractivity contribution in [2.45, 2.75) is 11.1 Å². The van der Waals surface area contributed by atoms with Crippen LogP contribution in [0.5, 0.6) is 5.75 Å². The third kappa shape index (κ3) is 3.28. The van der Waals surface area contributed by atoms with Gasteiger partial charge in [0.25, 0.3) is 10.0 Å². The quantitative estimate of drug-likeness (QED) is 0.839. The number of hydrogen-bond acceptors (Lipinski definition) is 4. The molecule has 0 unspecified atom stereocenters. The molecule has 0 saturated heterocycles. The van der Waals surface area contributed by atoms with Crippen LogP contribution in [0.15, 0.2) is 32.3 Å². The Kier molecular flexibility index (Phi) is 4.63. The van der Waals surface area contributed by atoms with E-state index in [1.54, 1.807) is 18.2 Å². The molecule has 0 atom stereocenters. The van der Waals surface area contributed by atoms with Crippen LogP contribution in [0, 0.1) is 6.92 Å². The lowest BCUT2D eigenvalue weighted by atomic mass is 10.2. The number of hydrogen-bond donors (Lipinski definition) is 1. The maximum Gasteiger partial charge on any atom is 0.271 e. The highest BCUT2D eigenvalue weighted by atomic mass is 79.9. The van der Waals surface area contributed by atoms with Gasteiger partial charge in [0, 0.05) is 0 Å². The molecule has 0 spiro atoms. The number of methoxy groups -OCH3 is 1. The minimum absolute atomic E-state index is 0.136. The van der Waals surface area contributed by atoms with E-state index in [1.807, 2.05) is 6.92 Å². The first-order valence-corrected chi connectivity index (χ1v) is 8.93. The fourth-order valence-corrected chi connectivity index (χ4v) is 5.01. The van der Waals surface area contributed by atoms with Crippen LogP contribution in [-0.4, -0.2) is 15.5 Å². The number of rotatable bonds is 4. The molecule has 1 aromatic heterocycles. The Hall–Kier alpha value is -0.760. The minimum atomic E-state index is -3.69. The molecule has 2 aromatic rings. The van der Waals surface area contributed by atoms with Crippen molar-refractivity contribution in [2.75, 3.05) is 11.8 Å². The van der Waals surface area contributed by atoms with Crippen LogP contribution in [0.2, 0.25) is 5.02 Å². The molecule has 8 heteroatoms. The molecule has 1 heterocycles. The van der Waals surface area contributed by atoms with Gasteiger partial charge in [-0.15, -0.1) is 11.3 Å². The van der Waals surface area contributed by atoms with Crippen LogP contribution < -0.4 is 9.46 Å². The summed E-state index contributed by atoms with van der Waals surface area (Å²) in [7, 11) is -2.20. The molecule has 0 fully saturated rings. The zero-order chi connectivity index (χ0) is 14.9. The number of sulfonamides is 1. The van der Waals surface area contributed by atoms with Crippen molar-refractivity contribution in [3.8, 4) is 5.75 Å². The maximum atomic E-state index is 12.3. The minimum Gasteiger partial charge on any atom is -0.495 e. The molecule has 0 aliphatic carbocycles. The molecular formula is C12H11BrClNO3S2. The fourth-order valence-electron chi connectivity index (χ4n) is 1.54. The summed E-state index contributed by atoms with van der Waals surface area (Å²) in [5.74, 6) is 0.468. The molecule has 0 amide bonds. The van der Waals surface area contributed by atoms with E-state index in [4.69, 9.17) is 16.3 Å². The average molecular weight is 397 g/mol. The van der Waals surface area contributed by atoms with Gasteiger partial charge in [-0.3, -0.25) is 4.72 Å². The number of anilines is 1. The zero-order valence-electron chi connectivity index (χ0n) is 10.6. The smallest absolute Gasteiger partial charge is 0.271 e. The van der Waals surface area contributed by atoms with Crippen molar-refractivity contribution in [1.82, 2.24) is 0 Å². The summed E-state index contributed by atoms with van der Waals surface area (Å²) in [6, 6.07) is 6.63. The van der Waals surface area contributed by atoms with Crippen LogP contribution in [0.25, 0.3) is 0 Å². The van der Waals surface area contributed by atoms with E-state index in [2.05, 4.69) is 20.7 Å². The second kappa shape index (κ2) is 5.93. The van der Waals surface area contributed by atoms with Gasteiger partial charge in [-0.2, -0.15) is 0 Å². The van der Waals surface area contributed by atoms with E-state index < -0.39 is 10.0 Å². The third-order valence-corrected chi connectivity index (χ3v) is 6.80. The summed E-state index contributed by atoms with van der Waals surface area (Å²) >= 11 is 10.1. The van der Waals surface area contributed by atoms with E-state index in [1.165, 1.54) is 13.2 Å². The number of ether oxygens (including phenoxy) is 1. The summed E-state index contributed by atoms with van der Waals surface area (Å²) < 4.78 is 33.0. The first-order chi connectivity index (χ1) is 9.33. The highest BCUT2D eigenvalue weighted by Crippen LogP contribution is 2.36. The molecule has 0 bridgehead atoms. The van der Waals surface area contributed by atoms with Crippen molar-refractivity contribution in [2.24, 2.45) is 0 Å². The molecular weight excluding hydrogens is 386 g/mol. The van der Waals surface area contributed by atoms with Crippen molar-refractivity contribution in [1.29, 1.82) is 0 Å². The fraction of sp³-hybridized carbons (Fsp3) is 0.167. The van der Waals surface area contributed by atoms with E-state index in [9.17, 15) is 8.42 Å². The van der Waals surface area contributed by atoms with Gasteiger partial charge in [-0.25, -0.2) is 8.42 Å². The molecule has 1 aromatic carbocycles. The molecule has 0 aliphatic rings. The van der Waals surface area contributed by atoms with Gasteiger partial charge in [0.1, 0.15) is 9.96 Å². The number of benzene rings is 1. The second-order valence-electron chi connectivity index (χ2n) is 4.00. The Bertz CT molecular complexity index is 724. The topological polar surface area (TPSA) is 55.4 Å². The van der Waals surface area contributed by atoms with Crippen LogP contribution in [0.3, 0.4) is 0 Å². The van der Waals surface area contributed by atoms with Crippen LogP contribution in [-0.2, 0) is 10.0 Å². The third-order valence-electron chi connectivity index (χ3n) is 2.49. The average Bonchev–Trinajstić information content (AvgIpc) is 2.72. The van der Waals surface area contributed by atoms with Crippen molar-refractivity contribution >= 4 is 54.6 Å². The normalized spacial score (nSPS) is 11.4. The largest absolute Gasteiger partial charge is 0.495 e. The van der Waals surface area contributed by atoms with Crippen LogP contribution >= 0.6 is 38.9 Å². The number of thiophene rings is 1. The van der Waals surface area contributed by atoms with Gasteiger partial charge in [0.2, 0.25) is 0 Å². The second-order valence-corrected chi connectivity index (χ2v) is 8.68. The molecule has 1 N–H and O–H groups in total. The predicted octanol–water partition coefficient (Wildman–Crippen LogP) is 4.28. The Morgan fingerprint density at radius 3 is 2.60 bits per heavy atom. The van der Waals surface area contributed by atoms with Crippen molar-refractivity contribution in [3.63, 3.8) is 0 Å². The van der Waals surface area contributed by atoms with Gasteiger partial charge < -0.3 is 4.74 Å². The van der Waals surface area contributed by atoms with E-state index in [-0.39, 0.29) is 4.21 Å². The Morgan fingerprint density at radius 2 is 2.05 bits per heavy atom. The summed E-state index contributed by atoms with van der Waals surface area (Å²) in [4.78, 5) is 0. The monoisotopic (exact) mass is 395 g/mol. The van der Waals surface area contributed by atoms with Gasteiger partial charge in [-0.05, 0) is 46.6 Å². The van der Waals surface area contributed by atoms with Gasteiger partial charge >= 0.3 is 0 Å². The number of aryl methyl sites for hydroxylation is 1. The van der Waals surface area contributed by atoms with Gasteiger partial charge in [0.05, 0.1) is 21.6 Å². The summed E-state index contributed by atoms with van der Waals surface area (Å²) in [5.41, 5.74) is 1.37. The van der Waals surface area contributed by atoms with Crippen molar-refractivity contribution < 1.29 is 13.2 Å². The molecule has 0 aliphatic heterocycles. The van der Waals surface area contributed by atoms with Gasteiger partial charge in [-0.1, -0.05) is 17.7 Å². The lowest BCUT2D eigenvalue weighted by Gasteiger charge is -2.11. The molecule has 0 radical (unpaired) electrons. The molecule has 2 rings (SSSR count). The number of nitrogens with one attached hydrogen (secondary N) is 1. The summed E-state index contributed by atoms with van der Waals surface area (Å²) in [6.45, 7) is 1.90. The first-order valence-electron chi connectivity index (χ1n) is 5.46. The molecule has 4 nitrogen and oxygen atoms in total. The van der Waals surface area contributed by atoms with E-state index in [0.717, 1.165) is 16.9 Å². The first kappa shape index (κ1) is 15.6. The van der Waals surface area contributed by atoms with Crippen LogP contribution in [0.4, 0.5) is 5.69 Å². The standard InChI is InChI=1S/C12H11BrClNO3S2/c1-7-3-4-9(10(5-7)18-2)15-20(16,17)11-6-8(14)12(13)19-11/h3-6,15H,1-2H3. The SMILES string of the molecule is COc1cc(C)ccc1NS(=O)(=O)c1cc(Cl)c(Br)s1. The number of halogens is 2. The molecule has 108 valence electrons. The Balaban J connectivity index is 2.38. The Labute approximate surface area is 134 Å². The highest BCUT2D eigenvalue weighted by Gasteiger charge is 2.20. The zero-order valence-corrected chi connectivity index (χ0v) is 14.6. The van der Waals surface area contributed by atoms with E-state index >= 15 is 0 Å². The van der Waals surface area contributed by atoms with Gasteiger partial charge in [0.15, 0.2) is 0 Å². The predicted molar refractivity (Wildman–Crippen MR) is 85.6 cm³/mol. The van der Waals surface area contributed by atoms with Crippen LogP contribution in [0.1, 0.15) is 5.56 Å². The van der Waals surface area contributed by atoms with E-state index in [0.29, 0.717) is 20.2 Å². The highest BCUT2D eigenvalue weighted by molar-refractivity contribution is 9.11. The Morgan fingerprint density at radius 1 is 1.35 bits per heavy atom.